The molecule has 2 rings (SSSR count). The first kappa shape index (κ1) is 12.3. The molecule has 1 N–H and O–H groups in total. The third-order valence-electron chi connectivity index (χ3n) is 4.42. The van der Waals surface area contributed by atoms with E-state index < -0.39 is 0 Å². The van der Waals surface area contributed by atoms with Crippen LogP contribution < -0.4 is 5.32 Å². The molecular formula is C13H25NO2. The molecule has 0 radical (unpaired) electrons. The highest BCUT2D eigenvalue weighted by molar-refractivity contribution is 4.92. The molecule has 3 nitrogen and oxygen atoms in total. The van der Waals surface area contributed by atoms with Gasteiger partial charge in [-0.3, -0.25) is 0 Å². The molecule has 1 aliphatic heterocycles. The standard InChI is InChI=1S/C13H25NO2/c1-11(12-4-8-16-9-5-12)14-10-13(15-2)6-3-7-13/h11-12,14H,3-10H2,1-2H3. The van der Waals surface area contributed by atoms with Crippen molar-refractivity contribution in [3.8, 4) is 0 Å². The van der Waals surface area contributed by atoms with Gasteiger partial charge < -0.3 is 14.8 Å². The van der Waals surface area contributed by atoms with E-state index in [1.165, 1.54) is 32.1 Å². The molecule has 1 unspecified atom stereocenters. The van der Waals surface area contributed by atoms with Crippen LogP contribution in [-0.4, -0.2) is 38.5 Å². The monoisotopic (exact) mass is 227 g/mol. The molecule has 2 aliphatic rings. The van der Waals surface area contributed by atoms with Gasteiger partial charge >= 0.3 is 0 Å². The Hall–Kier alpha value is -0.120. The minimum absolute atomic E-state index is 0.152. The van der Waals surface area contributed by atoms with Crippen molar-refractivity contribution < 1.29 is 9.47 Å². The summed E-state index contributed by atoms with van der Waals surface area (Å²) in [5.74, 6) is 0.780. The highest BCUT2D eigenvalue weighted by Crippen LogP contribution is 2.34. The second kappa shape index (κ2) is 5.48. The van der Waals surface area contributed by atoms with Gasteiger partial charge in [-0.15, -0.1) is 0 Å². The van der Waals surface area contributed by atoms with Crippen LogP contribution in [0.25, 0.3) is 0 Å². The first-order valence-electron chi connectivity index (χ1n) is 6.62. The molecule has 2 fully saturated rings. The highest BCUT2D eigenvalue weighted by atomic mass is 16.5. The second-order valence-corrected chi connectivity index (χ2v) is 5.36. The van der Waals surface area contributed by atoms with E-state index in [-0.39, 0.29) is 5.60 Å². The third kappa shape index (κ3) is 2.76. The van der Waals surface area contributed by atoms with Crippen molar-refractivity contribution in [2.45, 2.75) is 50.7 Å². The molecule has 0 aromatic rings. The Morgan fingerprint density at radius 1 is 1.38 bits per heavy atom. The number of methoxy groups -OCH3 is 1. The number of nitrogens with one attached hydrogen (secondary N) is 1. The van der Waals surface area contributed by atoms with Crippen molar-refractivity contribution in [2.24, 2.45) is 5.92 Å². The third-order valence-corrected chi connectivity index (χ3v) is 4.42. The number of hydrogen-bond donors (Lipinski definition) is 1. The first-order valence-corrected chi connectivity index (χ1v) is 6.62. The van der Waals surface area contributed by atoms with E-state index in [1.54, 1.807) is 0 Å². The van der Waals surface area contributed by atoms with Gasteiger partial charge in [0.1, 0.15) is 0 Å². The second-order valence-electron chi connectivity index (χ2n) is 5.36. The number of ether oxygens (including phenoxy) is 2. The predicted octanol–water partition coefficient (Wildman–Crippen LogP) is 1.96. The maximum atomic E-state index is 5.62. The van der Waals surface area contributed by atoms with E-state index >= 15 is 0 Å². The Balaban J connectivity index is 1.71. The molecule has 1 saturated heterocycles. The minimum Gasteiger partial charge on any atom is -0.381 e. The molecular weight excluding hydrogens is 202 g/mol. The maximum absolute atomic E-state index is 5.62. The largest absolute Gasteiger partial charge is 0.381 e. The van der Waals surface area contributed by atoms with Crippen LogP contribution in [0.4, 0.5) is 0 Å². The van der Waals surface area contributed by atoms with Gasteiger partial charge in [-0.1, -0.05) is 0 Å². The molecule has 1 saturated carbocycles. The number of hydrogen-bond acceptors (Lipinski definition) is 3. The zero-order chi connectivity index (χ0) is 11.4. The van der Waals surface area contributed by atoms with Crippen molar-refractivity contribution in [1.29, 1.82) is 0 Å². The molecule has 1 heterocycles. The van der Waals surface area contributed by atoms with E-state index in [0.29, 0.717) is 6.04 Å². The normalized spacial score (nSPS) is 27.4. The summed E-state index contributed by atoms with van der Waals surface area (Å²) in [5.41, 5.74) is 0.152. The Morgan fingerprint density at radius 3 is 2.56 bits per heavy atom. The van der Waals surface area contributed by atoms with Crippen molar-refractivity contribution in [1.82, 2.24) is 5.32 Å². The van der Waals surface area contributed by atoms with E-state index in [2.05, 4.69) is 12.2 Å². The fraction of sp³-hybridized carbons (Fsp3) is 1.00. The van der Waals surface area contributed by atoms with E-state index in [4.69, 9.17) is 9.47 Å². The van der Waals surface area contributed by atoms with Crippen molar-refractivity contribution in [3.63, 3.8) is 0 Å². The van der Waals surface area contributed by atoms with Crippen molar-refractivity contribution >= 4 is 0 Å². The summed E-state index contributed by atoms with van der Waals surface area (Å²) in [7, 11) is 1.85. The Morgan fingerprint density at radius 2 is 2.06 bits per heavy atom. The molecule has 0 amide bonds. The Bertz CT molecular complexity index is 204. The van der Waals surface area contributed by atoms with Crippen LogP contribution in [0.15, 0.2) is 0 Å². The lowest BCUT2D eigenvalue weighted by atomic mass is 9.79. The quantitative estimate of drug-likeness (QED) is 0.779. The maximum Gasteiger partial charge on any atom is 0.0802 e. The lowest BCUT2D eigenvalue weighted by Crippen LogP contribution is -2.51. The summed E-state index contributed by atoms with van der Waals surface area (Å²) in [4.78, 5) is 0. The first-order chi connectivity index (χ1) is 7.76. The van der Waals surface area contributed by atoms with Gasteiger partial charge in [0.25, 0.3) is 0 Å². The fourth-order valence-corrected chi connectivity index (χ4v) is 2.75. The molecule has 0 bridgehead atoms. The lowest BCUT2D eigenvalue weighted by Gasteiger charge is -2.42. The average Bonchev–Trinajstić information content (AvgIpc) is 2.29. The molecule has 0 spiro atoms. The smallest absolute Gasteiger partial charge is 0.0802 e. The molecule has 1 atom stereocenters. The van der Waals surface area contributed by atoms with Gasteiger partial charge in [-0.05, 0) is 44.9 Å². The van der Waals surface area contributed by atoms with Gasteiger partial charge in [0.2, 0.25) is 0 Å². The van der Waals surface area contributed by atoms with E-state index in [0.717, 1.165) is 25.7 Å². The van der Waals surface area contributed by atoms with Crippen LogP contribution >= 0.6 is 0 Å². The average molecular weight is 227 g/mol. The summed E-state index contributed by atoms with van der Waals surface area (Å²) in [6.07, 6.45) is 6.16. The van der Waals surface area contributed by atoms with Gasteiger partial charge in [-0.2, -0.15) is 0 Å². The molecule has 0 aromatic carbocycles. The molecule has 16 heavy (non-hydrogen) atoms. The lowest BCUT2D eigenvalue weighted by molar-refractivity contribution is -0.0723. The Labute approximate surface area is 98.9 Å². The van der Waals surface area contributed by atoms with Crippen LogP contribution in [0, 0.1) is 5.92 Å². The SMILES string of the molecule is COC1(CNC(C)C2CCOCC2)CCC1. The topological polar surface area (TPSA) is 30.5 Å². The van der Waals surface area contributed by atoms with E-state index in [1.807, 2.05) is 7.11 Å². The van der Waals surface area contributed by atoms with E-state index in [9.17, 15) is 0 Å². The Kier molecular flexibility index (Phi) is 4.22. The van der Waals surface area contributed by atoms with Gasteiger partial charge in [-0.25, -0.2) is 0 Å². The summed E-state index contributed by atoms with van der Waals surface area (Å²) < 4.78 is 11.0. The number of rotatable bonds is 5. The summed E-state index contributed by atoms with van der Waals surface area (Å²) >= 11 is 0. The highest BCUT2D eigenvalue weighted by Gasteiger charge is 2.37. The van der Waals surface area contributed by atoms with Crippen molar-refractivity contribution in [2.75, 3.05) is 26.9 Å². The molecule has 94 valence electrons. The van der Waals surface area contributed by atoms with Crippen LogP contribution in [0.1, 0.15) is 39.0 Å². The van der Waals surface area contributed by atoms with Crippen LogP contribution in [0.2, 0.25) is 0 Å². The summed E-state index contributed by atoms with van der Waals surface area (Å²) in [6.45, 7) is 5.19. The van der Waals surface area contributed by atoms with Crippen LogP contribution in [0.3, 0.4) is 0 Å². The minimum atomic E-state index is 0.152. The zero-order valence-corrected chi connectivity index (χ0v) is 10.6. The predicted molar refractivity (Wildman–Crippen MR) is 64.6 cm³/mol. The fourth-order valence-electron chi connectivity index (χ4n) is 2.75. The zero-order valence-electron chi connectivity index (χ0n) is 10.6. The summed E-state index contributed by atoms with van der Waals surface area (Å²) in [5, 5.41) is 3.67. The summed E-state index contributed by atoms with van der Waals surface area (Å²) in [6, 6.07) is 0.594. The molecule has 1 aliphatic carbocycles. The van der Waals surface area contributed by atoms with Gasteiger partial charge in [0, 0.05) is 32.9 Å². The van der Waals surface area contributed by atoms with Gasteiger partial charge in [0.05, 0.1) is 5.60 Å². The van der Waals surface area contributed by atoms with Crippen LogP contribution in [0.5, 0.6) is 0 Å². The van der Waals surface area contributed by atoms with Gasteiger partial charge in [0.15, 0.2) is 0 Å². The molecule has 3 heteroatoms. The van der Waals surface area contributed by atoms with Crippen molar-refractivity contribution in [3.05, 3.63) is 0 Å². The molecule has 0 aromatic heterocycles. The van der Waals surface area contributed by atoms with Crippen LogP contribution in [-0.2, 0) is 9.47 Å².